The summed E-state index contributed by atoms with van der Waals surface area (Å²) in [5, 5.41) is 22.8. The van der Waals surface area contributed by atoms with Crippen molar-refractivity contribution in [3.05, 3.63) is 76.2 Å². The van der Waals surface area contributed by atoms with E-state index in [2.05, 4.69) is 31.3 Å². The van der Waals surface area contributed by atoms with E-state index in [1.165, 1.54) is 0 Å². The van der Waals surface area contributed by atoms with Gasteiger partial charge in [-0.3, -0.25) is 9.59 Å². The quantitative estimate of drug-likeness (QED) is 0.0488. The van der Waals surface area contributed by atoms with Crippen molar-refractivity contribution in [2.45, 2.75) is 44.4 Å². The maximum absolute atomic E-state index is 13.4. The van der Waals surface area contributed by atoms with Gasteiger partial charge in [0.1, 0.15) is 12.1 Å². The van der Waals surface area contributed by atoms with Crippen LogP contribution in [-0.4, -0.2) is 74.0 Å². The van der Waals surface area contributed by atoms with E-state index in [1.807, 2.05) is 0 Å². The van der Waals surface area contributed by atoms with Crippen LogP contribution in [0.15, 0.2) is 59.7 Å². The second-order valence-corrected chi connectivity index (χ2v) is 9.25. The number of carbonyl (C=O) groups is 4. The van der Waals surface area contributed by atoms with Gasteiger partial charge in [0, 0.05) is 30.1 Å². The zero-order chi connectivity index (χ0) is 31.3. The van der Waals surface area contributed by atoms with Crippen LogP contribution in [0, 0.1) is 0 Å². The Labute approximate surface area is 249 Å². The zero-order valence-electron chi connectivity index (χ0n) is 23.7. The number of ether oxygens (including phenoxy) is 2. The predicted octanol–water partition coefficient (Wildman–Crippen LogP) is 2.11. The fourth-order valence-corrected chi connectivity index (χ4v) is 3.79. The van der Waals surface area contributed by atoms with Crippen molar-refractivity contribution >= 4 is 29.7 Å². The summed E-state index contributed by atoms with van der Waals surface area (Å²) in [4.78, 5) is 53.7. The predicted molar refractivity (Wildman–Crippen MR) is 158 cm³/mol. The van der Waals surface area contributed by atoms with Crippen molar-refractivity contribution in [3.8, 4) is 0 Å². The average molecular weight is 599 g/mol. The van der Waals surface area contributed by atoms with Gasteiger partial charge in [-0.15, -0.1) is 0 Å². The number of unbranched alkanes of at least 4 members (excludes halogenated alkanes) is 1. The molecule has 0 saturated heterocycles. The fourth-order valence-electron chi connectivity index (χ4n) is 3.79. The van der Waals surface area contributed by atoms with Gasteiger partial charge >= 0.3 is 12.2 Å². The van der Waals surface area contributed by atoms with Crippen LogP contribution in [0.1, 0.15) is 30.4 Å². The molecule has 7 N–H and O–H groups in total. The highest BCUT2D eigenvalue weighted by molar-refractivity contribution is 5.98. The lowest BCUT2D eigenvalue weighted by Gasteiger charge is -2.23. The van der Waals surface area contributed by atoms with Crippen LogP contribution in [0.5, 0.6) is 0 Å². The number of nitrogens with one attached hydrogen (secondary N) is 4. The van der Waals surface area contributed by atoms with Crippen LogP contribution in [-0.2, 0) is 32.1 Å². The van der Waals surface area contributed by atoms with Crippen molar-refractivity contribution in [2.75, 3.05) is 38.2 Å². The summed E-state index contributed by atoms with van der Waals surface area (Å²) in [6.45, 7) is 0.702. The summed E-state index contributed by atoms with van der Waals surface area (Å²) in [5.74, 6) is -1.12. The van der Waals surface area contributed by atoms with Gasteiger partial charge in [-0.1, -0.05) is 47.6 Å². The smallest absolute Gasteiger partial charge is 0.392 e. The number of aliphatic hydroxyl groups is 1. The van der Waals surface area contributed by atoms with Crippen molar-refractivity contribution in [2.24, 2.45) is 10.8 Å². The summed E-state index contributed by atoms with van der Waals surface area (Å²) < 4.78 is 9.88. The molecule has 2 rings (SSSR count). The second kappa shape index (κ2) is 20.2. The lowest BCUT2D eigenvalue weighted by Crippen LogP contribution is -2.54. The Morgan fingerprint density at radius 3 is 2.33 bits per heavy atom. The number of carbonyl (C=O) groups excluding carboxylic acids is 4. The number of amides is 4. The summed E-state index contributed by atoms with van der Waals surface area (Å²) in [5.41, 5.74) is 15.7. The maximum atomic E-state index is 13.4. The highest BCUT2D eigenvalue weighted by atomic mass is 16.6. The molecule has 0 aliphatic carbocycles. The minimum absolute atomic E-state index is 0.0264. The third-order valence-electron chi connectivity index (χ3n) is 5.98. The minimum atomic E-state index is -1.18. The summed E-state index contributed by atoms with van der Waals surface area (Å²) in [6.07, 6.45) is -0.669. The molecule has 43 heavy (non-hydrogen) atoms. The average Bonchev–Trinajstić information content (AvgIpc) is 3.00. The van der Waals surface area contributed by atoms with Crippen LogP contribution < -0.4 is 27.0 Å². The van der Waals surface area contributed by atoms with Crippen molar-refractivity contribution in [1.29, 1.82) is 0 Å². The largest absolute Gasteiger partial charge is 0.416 e. The molecule has 0 radical (unpaired) electrons. The molecule has 2 aromatic rings. The number of hydrogen-bond donors (Lipinski definition) is 6. The lowest BCUT2D eigenvalue weighted by molar-refractivity contribution is -0.128. The Balaban J connectivity index is 2.04. The van der Waals surface area contributed by atoms with Crippen molar-refractivity contribution < 1.29 is 33.8 Å². The molecule has 0 fully saturated rings. The Morgan fingerprint density at radius 2 is 1.65 bits per heavy atom. The normalized spacial score (nSPS) is 11.8. The number of azide groups is 1. The molecule has 232 valence electrons. The van der Waals surface area contributed by atoms with E-state index in [4.69, 9.17) is 20.7 Å². The number of aliphatic hydroxyl groups excluding tert-OH is 1. The Hall–Kier alpha value is -4.69. The molecule has 0 bridgehead atoms. The van der Waals surface area contributed by atoms with Gasteiger partial charge in [0.15, 0.2) is 0 Å². The zero-order valence-corrected chi connectivity index (χ0v) is 23.7. The monoisotopic (exact) mass is 598 g/mol. The first-order valence-corrected chi connectivity index (χ1v) is 13.8. The number of nitrogens with two attached hydrogens (primary N) is 1. The van der Waals surface area contributed by atoms with Crippen molar-refractivity contribution in [1.82, 2.24) is 16.0 Å². The number of benzene rings is 2. The Bertz CT molecular complexity index is 1210. The molecule has 0 aromatic heterocycles. The van der Waals surface area contributed by atoms with E-state index in [9.17, 15) is 24.3 Å². The van der Waals surface area contributed by atoms with Crippen LogP contribution >= 0.6 is 0 Å². The number of anilines is 1. The van der Waals surface area contributed by atoms with E-state index >= 15 is 0 Å². The fraction of sp³-hybridized carbons (Fsp3) is 0.429. The van der Waals surface area contributed by atoms with Gasteiger partial charge in [0.05, 0.1) is 19.8 Å². The van der Waals surface area contributed by atoms with E-state index in [-0.39, 0.29) is 39.3 Å². The van der Waals surface area contributed by atoms with Gasteiger partial charge in [-0.05, 0) is 54.6 Å². The molecule has 0 spiro atoms. The molecule has 0 aliphatic heterocycles. The Kier molecular flexibility index (Phi) is 16.2. The van der Waals surface area contributed by atoms with Crippen LogP contribution in [0.2, 0.25) is 0 Å². The highest BCUT2D eigenvalue weighted by Crippen LogP contribution is 2.12. The van der Waals surface area contributed by atoms with Gasteiger partial charge in [0.2, 0.25) is 11.8 Å². The summed E-state index contributed by atoms with van der Waals surface area (Å²) in [6, 6.07) is 13.4. The number of rotatable bonds is 18. The topological polar surface area (TPSA) is 230 Å². The van der Waals surface area contributed by atoms with E-state index in [0.29, 0.717) is 37.1 Å². The third-order valence-corrected chi connectivity index (χ3v) is 5.98. The maximum Gasteiger partial charge on any atom is 0.416 e. The molecule has 2 aromatic carbocycles. The molecule has 0 aliphatic rings. The number of nitrogens with zero attached hydrogens (tertiary/aromatic N) is 3. The minimum Gasteiger partial charge on any atom is -0.392 e. The molecular weight excluding hydrogens is 560 g/mol. The molecule has 15 heteroatoms. The molecule has 2 unspecified atom stereocenters. The third kappa shape index (κ3) is 14.2. The van der Waals surface area contributed by atoms with Crippen molar-refractivity contribution in [3.63, 3.8) is 0 Å². The second-order valence-electron chi connectivity index (χ2n) is 9.25. The lowest BCUT2D eigenvalue weighted by atomic mass is 10.0. The van der Waals surface area contributed by atoms with Crippen LogP contribution in [0.3, 0.4) is 0 Å². The molecule has 0 heterocycles. The van der Waals surface area contributed by atoms with Crippen LogP contribution in [0.25, 0.3) is 10.4 Å². The summed E-state index contributed by atoms with van der Waals surface area (Å²) in [7, 11) is 0. The van der Waals surface area contributed by atoms with Gasteiger partial charge in [0.25, 0.3) is 0 Å². The van der Waals surface area contributed by atoms with Gasteiger partial charge < -0.3 is 41.6 Å². The first kappa shape index (κ1) is 34.5. The highest BCUT2D eigenvalue weighted by Gasteiger charge is 2.28. The van der Waals surface area contributed by atoms with Gasteiger partial charge in [-0.25, -0.2) is 9.59 Å². The molecule has 0 saturated carbocycles. The number of hydrogen-bond acceptors (Lipinski definition) is 9. The Morgan fingerprint density at radius 1 is 0.907 bits per heavy atom. The van der Waals surface area contributed by atoms with E-state index in [0.717, 1.165) is 5.56 Å². The molecule has 15 nitrogen and oxygen atoms in total. The van der Waals surface area contributed by atoms with Gasteiger partial charge in [-0.2, -0.15) is 0 Å². The molecular formula is C28H38N8O7. The standard InChI is InChI=1S/C28H38N8O7/c29-13-5-4-8-23(25(38)33-22-11-9-21(19-37)10-12-22)34-26(39)24(18-20-6-2-1-3-7-20)35-28(41)43-27(40)31-14-16-42-17-15-32-36-30/h1-3,6-7,9-12,23-24,37H,4-5,8,13-19,29H2,(H,31,40)(H,33,38)(H,34,39)(H,35,41). The first-order chi connectivity index (χ1) is 20.9. The SMILES string of the molecule is [N-]=[N+]=NCCOCCNC(=O)OC(=O)NC(Cc1ccccc1)C(=O)NC(CCCCN)C(=O)Nc1ccc(CO)cc1. The van der Waals surface area contributed by atoms with E-state index in [1.54, 1.807) is 54.6 Å². The first-order valence-electron chi connectivity index (χ1n) is 13.8. The molecule has 4 amide bonds. The summed E-state index contributed by atoms with van der Waals surface area (Å²) >= 11 is 0. The van der Waals surface area contributed by atoms with E-state index < -0.39 is 36.1 Å². The number of alkyl carbamates (subject to hydrolysis) is 2. The molecule has 2 atom stereocenters. The van der Waals surface area contributed by atoms with Crippen LogP contribution in [0.4, 0.5) is 15.3 Å².